The molecule has 6 heteroatoms. The maximum atomic E-state index is 10.5. The highest BCUT2D eigenvalue weighted by molar-refractivity contribution is 7.96. The van der Waals surface area contributed by atoms with Gasteiger partial charge in [0.2, 0.25) is 6.41 Å². The van der Waals surface area contributed by atoms with Crippen LogP contribution in [0.3, 0.4) is 0 Å². The van der Waals surface area contributed by atoms with Crippen molar-refractivity contribution in [1.29, 1.82) is 0 Å². The van der Waals surface area contributed by atoms with Crippen molar-refractivity contribution in [3.63, 3.8) is 0 Å². The zero-order chi connectivity index (χ0) is 10.4. The van der Waals surface area contributed by atoms with Crippen LogP contribution in [-0.2, 0) is 4.79 Å². The van der Waals surface area contributed by atoms with Crippen LogP contribution < -0.4 is 16.2 Å². The van der Waals surface area contributed by atoms with Crippen molar-refractivity contribution in [3.05, 3.63) is 24.3 Å². The van der Waals surface area contributed by atoms with E-state index in [1.807, 2.05) is 0 Å². The number of thiol groups is 1. The third-order valence-electron chi connectivity index (χ3n) is 1.41. The molecule has 0 radical (unpaired) electrons. The molecule has 0 aliphatic heterocycles. The Kier molecular flexibility index (Phi) is 3.81. The molecule has 0 aliphatic rings. The van der Waals surface area contributed by atoms with Gasteiger partial charge in [-0.15, -0.1) is 0 Å². The van der Waals surface area contributed by atoms with Crippen LogP contribution in [0.2, 0.25) is 0 Å². The molecule has 0 bridgehead atoms. The fourth-order valence-electron chi connectivity index (χ4n) is 0.873. The summed E-state index contributed by atoms with van der Waals surface area (Å²) in [6.45, 7) is 0. The summed E-state index contributed by atoms with van der Waals surface area (Å²) in [7, 11) is 0. The average Bonchev–Trinajstić information content (AvgIpc) is 2.16. The topological polar surface area (TPSA) is 70.2 Å². The molecule has 0 aliphatic carbocycles. The van der Waals surface area contributed by atoms with Crippen LogP contribution in [0.4, 0.5) is 16.2 Å². The second-order valence-corrected chi connectivity index (χ2v) is 2.80. The third kappa shape index (κ3) is 3.36. The van der Waals surface area contributed by atoms with E-state index in [0.29, 0.717) is 17.8 Å². The zero-order valence-electron chi connectivity index (χ0n) is 7.15. The summed E-state index contributed by atoms with van der Waals surface area (Å²) in [5, 5.41) is 2.08. The van der Waals surface area contributed by atoms with Gasteiger partial charge in [-0.1, -0.05) is 12.6 Å². The summed E-state index contributed by atoms with van der Waals surface area (Å²) in [5.41, 5.74) is 6.27. The molecule has 0 fully saturated rings. The Labute approximate surface area is 86.3 Å². The standard InChI is InChI=1S/C8H9N3O2S/c12-5-9-11-7-3-1-6(2-4-7)10-8(13)14/h1-5,11H,(H,9,12)(H2,10,13,14). The molecule has 0 saturated heterocycles. The zero-order valence-corrected chi connectivity index (χ0v) is 8.04. The Bertz CT molecular complexity index is 326. The molecule has 0 atom stereocenters. The Hall–Kier alpha value is -1.69. The second kappa shape index (κ2) is 5.13. The second-order valence-electron chi connectivity index (χ2n) is 2.39. The maximum absolute atomic E-state index is 10.5. The van der Waals surface area contributed by atoms with E-state index in [-0.39, 0.29) is 0 Å². The summed E-state index contributed by atoms with van der Waals surface area (Å²) < 4.78 is 0. The smallest absolute Gasteiger partial charge is 0.280 e. The molecule has 0 aromatic heterocycles. The van der Waals surface area contributed by atoms with E-state index in [1.54, 1.807) is 24.3 Å². The quantitative estimate of drug-likeness (QED) is 0.344. The Balaban J connectivity index is 2.58. The first kappa shape index (κ1) is 10.4. The number of hydrogen-bond donors (Lipinski definition) is 4. The summed E-state index contributed by atoms with van der Waals surface area (Å²) in [6.07, 6.45) is 0.531. The van der Waals surface area contributed by atoms with Crippen LogP contribution in [0.5, 0.6) is 0 Å². The molecule has 0 heterocycles. The average molecular weight is 211 g/mol. The Morgan fingerprint density at radius 2 is 1.79 bits per heavy atom. The van der Waals surface area contributed by atoms with Crippen molar-refractivity contribution in [3.8, 4) is 0 Å². The molecule has 2 amide bonds. The first-order chi connectivity index (χ1) is 6.72. The van der Waals surface area contributed by atoms with Crippen molar-refractivity contribution in [2.24, 2.45) is 0 Å². The Morgan fingerprint density at radius 3 is 2.29 bits per heavy atom. The molecule has 0 unspecified atom stereocenters. The fraction of sp³-hybridized carbons (Fsp3) is 0. The highest BCUT2D eigenvalue weighted by atomic mass is 32.1. The van der Waals surface area contributed by atoms with E-state index < -0.39 is 5.24 Å². The van der Waals surface area contributed by atoms with E-state index in [0.717, 1.165) is 0 Å². The van der Waals surface area contributed by atoms with Crippen LogP contribution >= 0.6 is 12.6 Å². The summed E-state index contributed by atoms with van der Waals surface area (Å²) >= 11 is 3.57. The van der Waals surface area contributed by atoms with Gasteiger partial charge in [-0.25, -0.2) is 0 Å². The first-order valence-corrected chi connectivity index (χ1v) is 4.22. The molecule has 0 saturated carbocycles. The van der Waals surface area contributed by atoms with Gasteiger partial charge >= 0.3 is 0 Å². The number of carbonyl (C=O) groups is 2. The number of carbonyl (C=O) groups excluding carboxylic acids is 2. The monoisotopic (exact) mass is 211 g/mol. The van der Waals surface area contributed by atoms with Gasteiger partial charge < -0.3 is 5.32 Å². The van der Waals surface area contributed by atoms with E-state index in [4.69, 9.17) is 0 Å². The molecule has 74 valence electrons. The lowest BCUT2D eigenvalue weighted by Gasteiger charge is -2.05. The number of nitrogens with one attached hydrogen (secondary N) is 3. The van der Waals surface area contributed by atoms with E-state index in [2.05, 4.69) is 28.8 Å². The first-order valence-electron chi connectivity index (χ1n) is 3.77. The van der Waals surface area contributed by atoms with E-state index in [1.165, 1.54) is 0 Å². The molecule has 5 nitrogen and oxygen atoms in total. The minimum absolute atomic E-state index is 0.420. The van der Waals surface area contributed by atoms with E-state index >= 15 is 0 Å². The van der Waals surface area contributed by atoms with Gasteiger partial charge in [0.05, 0.1) is 5.69 Å². The molecule has 1 aromatic carbocycles. The molecular formula is C8H9N3O2S. The van der Waals surface area contributed by atoms with Gasteiger partial charge in [0, 0.05) is 5.69 Å². The lowest BCUT2D eigenvalue weighted by molar-refractivity contribution is -0.109. The molecule has 3 N–H and O–H groups in total. The summed E-state index contributed by atoms with van der Waals surface area (Å²) in [6, 6.07) is 6.77. The van der Waals surface area contributed by atoms with Gasteiger partial charge in [-0.3, -0.25) is 20.4 Å². The minimum Gasteiger partial charge on any atom is -0.317 e. The summed E-state index contributed by atoms with van der Waals surface area (Å²) in [4.78, 5) is 20.5. The molecule has 0 spiro atoms. The van der Waals surface area contributed by atoms with Gasteiger partial charge in [0.1, 0.15) is 0 Å². The van der Waals surface area contributed by atoms with Crippen molar-refractivity contribution < 1.29 is 9.59 Å². The SMILES string of the molecule is O=CNNc1ccc(NC(=O)S)cc1. The van der Waals surface area contributed by atoms with Crippen LogP contribution in [-0.4, -0.2) is 11.6 Å². The number of hydrazine groups is 1. The van der Waals surface area contributed by atoms with Crippen molar-refractivity contribution >= 4 is 35.7 Å². The van der Waals surface area contributed by atoms with Crippen LogP contribution in [0.25, 0.3) is 0 Å². The molecule has 1 aromatic rings. The predicted molar refractivity (Wildman–Crippen MR) is 57.3 cm³/mol. The van der Waals surface area contributed by atoms with Crippen molar-refractivity contribution in [2.75, 3.05) is 10.7 Å². The number of amides is 2. The Morgan fingerprint density at radius 1 is 1.21 bits per heavy atom. The lowest BCUT2D eigenvalue weighted by Crippen LogP contribution is -2.18. The molecular weight excluding hydrogens is 202 g/mol. The largest absolute Gasteiger partial charge is 0.317 e. The van der Waals surface area contributed by atoms with Gasteiger partial charge in [0.25, 0.3) is 5.24 Å². The van der Waals surface area contributed by atoms with Crippen molar-refractivity contribution in [2.45, 2.75) is 0 Å². The lowest BCUT2D eigenvalue weighted by atomic mass is 10.3. The van der Waals surface area contributed by atoms with Crippen LogP contribution in [0, 0.1) is 0 Å². The van der Waals surface area contributed by atoms with Crippen molar-refractivity contribution in [1.82, 2.24) is 5.43 Å². The minimum atomic E-state index is -0.420. The normalized spacial score (nSPS) is 8.93. The fourth-order valence-corrected chi connectivity index (χ4v) is 1.00. The highest BCUT2D eigenvalue weighted by Gasteiger charge is 1.95. The number of anilines is 2. The highest BCUT2D eigenvalue weighted by Crippen LogP contribution is 2.12. The van der Waals surface area contributed by atoms with Gasteiger partial charge in [-0.2, -0.15) is 0 Å². The maximum Gasteiger partial charge on any atom is 0.280 e. The number of rotatable bonds is 4. The summed E-state index contributed by atoms with van der Waals surface area (Å²) in [5.74, 6) is 0. The predicted octanol–water partition coefficient (Wildman–Crippen LogP) is 1.22. The third-order valence-corrected chi connectivity index (χ3v) is 1.52. The van der Waals surface area contributed by atoms with Crippen LogP contribution in [0.1, 0.15) is 0 Å². The molecule has 14 heavy (non-hydrogen) atoms. The molecule has 1 rings (SSSR count). The van der Waals surface area contributed by atoms with E-state index in [9.17, 15) is 9.59 Å². The van der Waals surface area contributed by atoms with Gasteiger partial charge in [-0.05, 0) is 24.3 Å². The number of hydrogen-bond acceptors (Lipinski definition) is 3. The van der Waals surface area contributed by atoms with Gasteiger partial charge in [0.15, 0.2) is 0 Å². The number of benzene rings is 1. The van der Waals surface area contributed by atoms with Crippen LogP contribution in [0.15, 0.2) is 24.3 Å².